The smallest absolute Gasteiger partial charge is 0.241 e. The summed E-state index contributed by atoms with van der Waals surface area (Å²) in [4.78, 5) is 0.331. The Morgan fingerprint density at radius 2 is 1.75 bits per heavy atom. The Bertz CT molecular complexity index is 1170. The second kappa shape index (κ2) is 6.93. The summed E-state index contributed by atoms with van der Waals surface area (Å²) >= 11 is 0. The van der Waals surface area contributed by atoms with Crippen molar-refractivity contribution < 1.29 is 8.42 Å². The Morgan fingerprint density at radius 1 is 1.07 bits per heavy atom. The van der Waals surface area contributed by atoms with E-state index in [4.69, 9.17) is 0 Å². The molecule has 0 spiro atoms. The fourth-order valence-corrected chi connectivity index (χ4v) is 5.94. The highest BCUT2D eigenvalue weighted by molar-refractivity contribution is 7.90. The first-order valence-electron chi connectivity index (χ1n) is 10.0. The van der Waals surface area contributed by atoms with Crippen LogP contribution in [0.4, 0.5) is 0 Å². The molecule has 0 N–H and O–H groups in total. The molecule has 0 amide bonds. The van der Waals surface area contributed by atoms with Gasteiger partial charge in [-0.3, -0.25) is 0 Å². The summed E-state index contributed by atoms with van der Waals surface area (Å²) in [5.74, 6) is 0.765. The molecule has 2 atom stereocenters. The molecule has 3 aromatic rings. The second-order valence-electron chi connectivity index (χ2n) is 8.01. The summed E-state index contributed by atoms with van der Waals surface area (Å²) in [5.41, 5.74) is 5.63. The fraction of sp³-hybridized carbons (Fsp3) is 0.333. The molecule has 0 radical (unpaired) electrons. The van der Waals surface area contributed by atoms with Gasteiger partial charge in [-0.05, 0) is 72.6 Å². The molecule has 2 aromatic carbocycles. The summed E-state index contributed by atoms with van der Waals surface area (Å²) < 4.78 is 28.3. The average molecular weight is 394 g/mol. The van der Waals surface area contributed by atoms with Crippen molar-refractivity contribution in [1.82, 2.24) is 3.97 Å². The minimum Gasteiger partial charge on any atom is -0.241 e. The topological polar surface area (TPSA) is 39.1 Å². The summed E-state index contributed by atoms with van der Waals surface area (Å²) in [6, 6.07) is 11.2. The fourth-order valence-electron chi connectivity index (χ4n) is 4.57. The summed E-state index contributed by atoms with van der Waals surface area (Å²) in [5, 5.41) is 0.992. The van der Waals surface area contributed by atoms with Gasteiger partial charge in [-0.25, -0.2) is 12.4 Å². The highest BCUT2D eigenvalue weighted by Gasteiger charge is 2.32. The molecule has 0 bridgehead atoms. The zero-order valence-corrected chi connectivity index (χ0v) is 17.8. The van der Waals surface area contributed by atoms with E-state index in [0.717, 1.165) is 29.3 Å². The third-order valence-corrected chi connectivity index (χ3v) is 7.54. The number of hydrogen-bond acceptors (Lipinski definition) is 2. The van der Waals surface area contributed by atoms with Gasteiger partial charge < -0.3 is 0 Å². The van der Waals surface area contributed by atoms with E-state index in [2.05, 4.69) is 39.0 Å². The van der Waals surface area contributed by atoms with Crippen LogP contribution in [-0.2, 0) is 10.0 Å². The standard InChI is InChI=1S/C24H27NO2S/c1-5-6-7-19-15-20-12-13-25(24(20)23-18(4)14-17(3)22(19)23)28(26,27)21-10-8-16(2)9-11-21/h6-13,15,17-18H,5,14H2,1-4H3/b7-6+/t17-,18+/m1/s1. The molecule has 0 saturated carbocycles. The van der Waals surface area contributed by atoms with Gasteiger partial charge in [0.15, 0.2) is 0 Å². The van der Waals surface area contributed by atoms with Crippen LogP contribution in [0.1, 0.15) is 67.7 Å². The lowest BCUT2D eigenvalue weighted by molar-refractivity contribution is 0.589. The maximum Gasteiger partial charge on any atom is 0.268 e. The van der Waals surface area contributed by atoms with E-state index in [0.29, 0.717) is 16.7 Å². The van der Waals surface area contributed by atoms with Crippen LogP contribution < -0.4 is 0 Å². The molecule has 1 heterocycles. The lowest BCUT2D eigenvalue weighted by atomic mass is 9.94. The third kappa shape index (κ3) is 2.91. The maximum atomic E-state index is 13.4. The zero-order valence-electron chi connectivity index (χ0n) is 16.9. The number of fused-ring (bicyclic) bond motifs is 3. The van der Waals surface area contributed by atoms with Crippen molar-refractivity contribution in [2.45, 2.75) is 57.3 Å². The maximum absolute atomic E-state index is 13.4. The number of allylic oxidation sites excluding steroid dienone is 1. The van der Waals surface area contributed by atoms with Crippen molar-refractivity contribution in [3.8, 4) is 0 Å². The van der Waals surface area contributed by atoms with Crippen molar-refractivity contribution in [3.63, 3.8) is 0 Å². The molecule has 0 unspecified atom stereocenters. The van der Waals surface area contributed by atoms with Crippen molar-refractivity contribution in [3.05, 3.63) is 70.9 Å². The van der Waals surface area contributed by atoms with E-state index in [1.165, 1.54) is 20.7 Å². The molecule has 0 saturated heterocycles. The van der Waals surface area contributed by atoms with Crippen molar-refractivity contribution in [1.29, 1.82) is 0 Å². The Balaban J connectivity index is 2.01. The predicted molar refractivity (Wildman–Crippen MR) is 116 cm³/mol. The number of aromatic nitrogens is 1. The van der Waals surface area contributed by atoms with Crippen molar-refractivity contribution in [2.75, 3.05) is 0 Å². The highest BCUT2D eigenvalue weighted by atomic mass is 32.2. The quantitative estimate of drug-likeness (QED) is 0.528. The van der Waals surface area contributed by atoms with Gasteiger partial charge in [0.1, 0.15) is 0 Å². The van der Waals surface area contributed by atoms with Gasteiger partial charge in [-0.15, -0.1) is 0 Å². The molecule has 4 heteroatoms. The average Bonchev–Trinajstić information content (AvgIpc) is 3.21. The third-order valence-electron chi connectivity index (χ3n) is 5.85. The number of aryl methyl sites for hydroxylation is 1. The largest absolute Gasteiger partial charge is 0.268 e. The molecular weight excluding hydrogens is 366 g/mol. The van der Waals surface area contributed by atoms with Crippen LogP contribution in [0.15, 0.2) is 53.6 Å². The highest BCUT2D eigenvalue weighted by Crippen LogP contribution is 2.47. The van der Waals surface area contributed by atoms with Crippen LogP contribution in [0.25, 0.3) is 17.0 Å². The van der Waals surface area contributed by atoms with Gasteiger partial charge in [0, 0.05) is 11.6 Å². The molecule has 3 nitrogen and oxygen atoms in total. The Morgan fingerprint density at radius 3 is 2.43 bits per heavy atom. The van der Waals surface area contributed by atoms with Crippen molar-refractivity contribution >= 4 is 27.0 Å². The van der Waals surface area contributed by atoms with Crippen LogP contribution in [-0.4, -0.2) is 12.4 Å². The number of hydrogen-bond donors (Lipinski definition) is 0. The van der Waals surface area contributed by atoms with E-state index in [9.17, 15) is 8.42 Å². The van der Waals surface area contributed by atoms with E-state index in [1.54, 1.807) is 18.3 Å². The van der Waals surface area contributed by atoms with Crippen LogP contribution in [0, 0.1) is 6.92 Å². The van der Waals surface area contributed by atoms with Crippen LogP contribution in [0.3, 0.4) is 0 Å². The molecule has 4 rings (SSSR count). The molecule has 1 aliphatic rings. The SMILES string of the molecule is CC/C=C/c1cc2ccn(S(=O)(=O)c3ccc(C)cc3)c2c2c1[C@H](C)C[C@@H]2C. The van der Waals surface area contributed by atoms with Gasteiger partial charge in [0.05, 0.1) is 10.4 Å². The van der Waals surface area contributed by atoms with Crippen LogP contribution in [0.5, 0.6) is 0 Å². The molecule has 0 aliphatic heterocycles. The molecular formula is C24H27NO2S. The van der Waals surface area contributed by atoms with E-state index in [-0.39, 0.29) is 0 Å². The predicted octanol–water partition coefficient (Wildman–Crippen LogP) is 6.22. The Hall–Kier alpha value is -2.33. The molecule has 146 valence electrons. The molecule has 1 aromatic heterocycles. The lowest BCUT2D eigenvalue weighted by Crippen LogP contribution is -2.13. The normalized spacial score (nSPS) is 19.6. The Kier molecular flexibility index (Phi) is 4.70. The summed E-state index contributed by atoms with van der Waals surface area (Å²) in [6.07, 6.45) is 8.12. The molecule has 0 fully saturated rings. The van der Waals surface area contributed by atoms with Crippen LogP contribution >= 0.6 is 0 Å². The van der Waals surface area contributed by atoms with Gasteiger partial charge in [-0.2, -0.15) is 0 Å². The second-order valence-corrected chi connectivity index (χ2v) is 9.82. The van der Waals surface area contributed by atoms with Crippen LogP contribution in [0.2, 0.25) is 0 Å². The monoisotopic (exact) mass is 393 g/mol. The molecule has 28 heavy (non-hydrogen) atoms. The number of rotatable bonds is 4. The zero-order chi connectivity index (χ0) is 20.1. The van der Waals surface area contributed by atoms with Crippen molar-refractivity contribution in [2.24, 2.45) is 0 Å². The first-order valence-corrected chi connectivity index (χ1v) is 11.4. The van der Waals surface area contributed by atoms with E-state index in [1.807, 2.05) is 25.1 Å². The van der Waals surface area contributed by atoms with Gasteiger partial charge in [0.25, 0.3) is 10.0 Å². The molecule has 1 aliphatic carbocycles. The van der Waals surface area contributed by atoms with Gasteiger partial charge >= 0.3 is 0 Å². The lowest BCUT2D eigenvalue weighted by Gasteiger charge is -2.15. The summed E-state index contributed by atoms with van der Waals surface area (Å²) in [7, 11) is -3.63. The van der Waals surface area contributed by atoms with E-state index < -0.39 is 10.0 Å². The van der Waals surface area contributed by atoms with E-state index >= 15 is 0 Å². The first kappa shape index (κ1) is 19.0. The number of nitrogens with zero attached hydrogens (tertiary/aromatic N) is 1. The first-order chi connectivity index (χ1) is 13.3. The summed E-state index contributed by atoms with van der Waals surface area (Å²) in [6.45, 7) is 8.55. The van der Waals surface area contributed by atoms with Gasteiger partial charge in [0.2, 0.25) is 0 Å². The Labute approximate surface area is 167 Å². The minimum atomic E-state index is -3.63. The number of benzene rings is 2. The van der Waals surface area contributed by atoms with Gasteiger partial charge in [-0.1, -0.05) is 50.6 Å². The minimum absolute atomic E-state index is 0.331.